The van der Waals surface area contributed by atoms with Crippen LogP contribution in [-0.2, 0) is 17.6 Å². The Hall–Kier alpha value is -2.35. The molecule has 0 aliphatic rings. The molecule has 0 bridgehead atoms. The molecular formula is C32H46O2. The highest BCUT2D eigenvalue weighted by atomic mass is 16.4. The Labute approximate surface area is 208 Å². The Morgan fingerprint density at radius 2 is 1.32 bits per heavy atom. The number of hydrogen-bond acceptors (Lipinski definition) is 1. The lowest BCUT2D eigenvalue weighted by atomic mass is 9.87. The first-order valence-corrected chi connectivity index (χ1v) is 13.6. The average Bonchev–Trinajstić information content (AvgIpc) is 2.85. The number of hydrogen-bond donors (Lipinski definition) is 1. The minimum absolute atomic E-state index is 0.265. The Kier molecular flexibility index (Phi) is 14.8. The Balaban J connectivity index is 1.82. The van der Waals surface area contributed by atoms with Gasteiger partial charge in [-0.15, -0.1) is 0 Å². The van der Waals surface area contributed by atoms with Gasteiger partial charge in [0.05, 0.1) is 0 Å². The number of carboxylic acids is 1. The molecular weight excluding hydrogens is 416 g/mol. The van der Waals surface area contributed by atoms with E-state index in [-0.39, 0.29) is 5.92 Å². The summed E-state index contributed by atoms with van der Waals surface area (Å²) in [4.78, 5) is 11.4. The molecule has 2 rings (SSSR count). The predicted molar refractivity (Wildman–Crippen MR) is 145 cm³/mol. The summed E-state index contributed by atoms with van der Waals surface area (Å²) in [6, 6.07) is 21.3. The second-order valence-corrected chi connectivity index (χ2v) is 9.87. The minimum Gasteiger partial charge on any atom is -0.481 e. The quantitative estimate of drug-likeness (QED) is 0.167. The van der Waals surface area contributed by atoms with Crippen molar-refractivity contribution in [2.75, 3.05) is 0 Å². The smallest absolute Gasteiger partial charge is 0.303 e. The molecule has 0 saturated heterocycles. The number of rotatable bonds is 19. The van der Waals surface area contributed by atoms with Gasteiger partial charge in [0.1, 0.15) is 0 Å². The first-order valence-electron chi connectivity index (χ1n) is 13.6. The van der Waals surface area contributed by atoms with E-state index in [0.717, 1.165) is 38.5 Å². The van der Waals surface area contributed by atoms with Gasteiger partial charge >= 0.3 is 5.97 Å². The minimum atomic E-state index is -0.662. The maximum Gasteiger partial charge on any atom is 0.303 e. The largest absolute Gasteiger partial charge is 0.481 e. The highest BCUT2D eigenvalue weighted by molar-refractivity contribution is 5.67. The molecule has 0 fully saturated rings. The third-order valence-electron chi connectivity index (χ3n) is 6.92. The molecule has 0 aromatic heterocycles. The summed E-state index contributed by atoms with van der Waals surface area (Å²) in [5.74, 6) is 0.276. The number of carboxylic acid groups (broad SMARTS) is 1. The van der Waals surface area contributed by atoms with Crippen LogP contribution in [0.25, 0.3) is 0 Å². The summed E-state index contributed by atoms with van der Waals surface area (Å²) in [5.41, 5.74) is 2.73. The van der Waals surface area contributed by atoms with E-state index in [9.17, 15) is 9.90 Å². The molecule has 186 valence electrons. The van der Waals surface area contributed by atoms with Gasteiger partial charge in [-0.05, 0) is 74.3 Å². The molecule has 0 amide bonds. The van der Waals surface area contributed by atoms with Crippen molar-refractivity contribution in [1.29, 1.82) is 0 Å². The normalized spacial score (nSPS) is 13.2. The van der Waals surface area contributed by atoms with Gasteiger partial charge in [0.25, 0.3) is 0 Å². The molecule has 2 nitrogen and oxygen atoms in total. The second-order valence-electron chi connectivity index (χ2n) is 9.87. The van der Waals surface area contributed by atoms with Crippen molar-refractivity contribution in [3.8, 4) is 0 Å². The molecule has 0 saturated carbocycles. The molecule has 2 atom stereocenters. The molecule has 0 spiro atoms. The van der Waals surface area contributed by atoms with Crippen molar-refractivity contribution in [2.45, 2.75) is 96.8 Å². The summed E-state index contributed by atoms with van der Waals surface area (Å²) in [7, 11) is 0. The van der Waals surface area contributed by atoms with Crippen molar-refractivity contribution in [3.05, 3.63) is 83.9 Å². The van der Waals surface area contributed by atoms with Gasteiger partial charge in [0.2, 0.25) is 0 Å². The third kappa shape index (κ3) is 13.4. The first-order chi connectivity index (χ1) is 16.7. The summed E-state index contributed by atoms with van der Waals surface area (Å²) in [6.07, 6.45) is 20.3. The molecule has 2 heteroatoms. The SMILES string of the molecule is CCCCCCC=CCC(CCCC(CCc1ccccc1)CC(=O)O)CCc1ccccc1. The monoisotopic (exact) mass is 462 g/mol. The lowest BCUT2D eigenvalue weighted by molar-refractivity contribution is -0.138. The van der Waals surface area contributed by atoms with Crippen LogP contribution in [0.2, 0.25) is 0 Å². The second kappa shape index (κ2) is 18.0. The number of aliphatic carboxylic acids is 1. The molecule has 2 aromatic rings. The molecule has 1 N–H and O–H groups in total. The van der Waals surface area contributed by atoms with Crippen molar-refractivity contribution < 1.29 is 9.90 Å². The van der Waals surface area contributed by atoms with Crippen LogP contribution in [0.1, 0.15) is 95.1 Å². The van der Waals surface area contributed by atoms with Gasteiger partial charge < -0.3 is 5.11 Å². The summed E-state index contributed by atoms with van der Waals surface area (Å²) in [6.45, 7) is 2.26. The van der Waals surface area contributed by atoms with Crippen LogP contribution in [-0.4, -0.2) is 11.1 Å². The molecule has 0 aliphatic carbocycles. The highest BCUT2D eigenvalue weighted by Gasteiger charge is 2.15. The van der Waals surface area contributed by atoms with Gasteiger partial charge in [0, 0.05) is 6.42 Å². The molecule has 2 aromatic carbocycles. The van der Waals surface area contributed by atoms with Gasteiger partial charge in [-0.3, -0.25) is 4.79 Å². The van der Waals surface area contributed by atoms with E-state index >= 15 is 0 Å². The van der Waals surface area contributed by atoms with Gasteiger partial charge in [0.15, 0.2) is 0 Å². The van der Waals surface area contributed by atoms with Crippen molar-refractivity contribution in [1.82, 2.24) is 0 Å². The predicted octanol–water partition coefficient (Wildman–Crippen LogP) is 9.05. The number of benzene rings is 2. The topological polar surface area (TPSA) is 37.3 Å². The maximum atomic E-state index is 11.4. The van der Waals surface area contributed by atoms with E-state index in [1.807, 2.05) is 6.07 Å². The van der Waals surface area contributed by atoms with E-state index in [0.29, 0.717) is 12.3 Å². The maximum absolute atomic E-state index is 11.4. The Morgan fingerprint density at radius 3 is 1.91 bits per heavy atom. The molecule has 34 heavy (non-hydrogen) atoms. The molecule has 0 heterocycles. The fraction of sp³-hybridized carbons (Fsp3) is 0.531. The Bertz CT molecular complexity index is 781. The molecule has 2 unspecified atom stereocenters. The van der Waals surface area contributed by atoms with Crippen LogP contribution in [0.15, 0.2) is 72.8 Å². The molecule has 0 aliphatic heterocycles. The van der Waals surface area contributed by atoms with Crippen molar-refractivity contribution in [3.63, 3.8) is 0 Å². The fourth-order valence-corrected chi connectivity index (χ4v) is 4.80. The molecule has 0 radical (unpaired) electrons. The van der Waals surface area contributed by atoms with E-state index in [2.05, 4.69) is 73.7 Å². The number of allylic oxidation sites excluding steroid dienone is 2. The van der Waals surface area contributed by atoms with Crippen LogP contribution in [0.4, 0.5) is 0 Å². The lowest BCUT2D eigenvalue weighted by Crippen LogP contribution is -2.10. The van der Waals surface area contributed by atoms with Crippen LogP contribution in [0.3, 0.4) is 0 Å². The summed E-state index contributed by atoms with van der Waals surface area (Å²) in [5, 5.41) is 9.41. The van der Waals surface area contributed by atoms with Crippen LogP contribution in [0.5, 0.6) is 0 Å². The lowest BCUT2D eigenvalue weighted by Gasteiger charge is -2.19. The summed E-state index contributed by atoms with van der Waals surface area (Å²) >= 11 is 0. The van der Waals surface area contributed by atoms with Crippen LogP contribution in [0, 0.1) is 11.8 Å². The van der Waals surface area contributed by atoms with Crippen LogP contribution >= 0.6 is 0 Å². The zero-order chi connectivity index (χ0) is 24.3. The van der Waals surface area contributed by atoms with Gasteiger partial charge in [-0.2, -0.15) is 0 Å². The third-order valence-corrected chi connectivity index (χ3v) is 6.92. The van der Waals surface area contributed by atoms with Crippen molar-refractivity contribution >= 4 is 5.97 Å². The van der Waals surface area contributed by atoms with E-state index in [1.54, 1.807) is 0 Å². The highest BCUT2D eigenvalue weighted by Crippen LogP contribution is 2.25. The van der Waals surface area contributed by atoms with E-state index in [1.165, 1.54) is 56.1 Å². The van der Waals surface area contributed by atoms with Crippen LogP contribution < -0.4 is 0 Å². The standard InChI is InChI=1S/C32H46O2/c1-2-3-4-5-6-7-10-16-30(24-23-28-17-11-8-12-18-28)21-15-22-31(27-32(33)34)26-25-29-19-13-9-14-20-29/h7-14,17-20,30-31H,2-6,15-16,21-27H2,1H3,(H,33,34). The first kappa shape index (κ1) is 27.9. The number of aryl methyl sites for hydroxylation is 2. The van der Waals surface area contributed by atoms with E-state index in [4.69, 9.17) is 0 Å². The van der Waals surface area contributed by atoms with E-state index < -0.39 is 5.97 Å². The number of carbonyl (C=O) groups is 1. The summed E-state index contributed by atoms with van der Waals surface area (Å²) < 4.78 is 0. The number of unbranched alkanes of at least 4 members (excludes halogenated alkanes) is 4. The Morgan fingerprint density at radius 1 is 0.735 bits per heavy atom. The van der Waals surface area contributed by atoms with Gasteiger partial charge in [-0.1, -0.05) is 112 Å². The zero-order valence-electron chi connectivity index (χ0n) is 21.3. The van der Waals surface area contributed by atoms with Gasteiger partial charge in [-0.25, -0.2) is 0 Å². The fourth-order valence-electron chi connectivity index (χ4n) is 4.80. The zero-order valence-corrected chi connectivity index (χ0v) is 21.3. The average molecular weight is 463 g/mol. The van der Waals surface area contributed by atoms with Crippen molar-refractivity contribution in [2.24, 2.45) is 11.8 Å².